The van der Waals surface area contributed by atoms with E-state index in [1.165, 1.54) is 4.90 Å². The van der Waals surface area contributed by atoms with Gasteiger partial charge >= 0.3 is 6.09 Å². The highest BCUT2D eigenvalue weighted by molar-refractivity contribution is 5.91. The molecule has 2 unspecified atom stereocenters. The summed E-state index contributed by atoms with van der Waals surface area (Å²) >= 11 is 0. The van der Waals surface area contributed by atoms with Gasteiger partial charge in [0.2, 0.25) is 11.8 Å². The molecule has 0 radical (unpaired) electrons. The van der Waals surface area contributed by atoms with Gasteiger partial charge in [-0.15, -0.1) is 0 Å². The highest BCUT2D eigenvalue weighted by atomic mass is 19.1. The standard InChI is InChI=1S/C31H43FN4O5/c1-31(2,3)41-30(39)36-23-7-6-19(10-23)27(36)29(38)34-26(28(33)37)12-18-5-4-17(11-25(18)32)20-8-21-13-35(14-22(21)9-20)24-15-40-16-24/h4-5,11,19-24,26-27H,6-10,12-16H2,1-3H3,(H2,33,37)(H,34,38)/t19-,20?,21?,22?,23+,26-,27-/m0/s1. The number of rotatable bonds is 7. The summed E-state index contributed by atoms with van der Waals surface area (Å²) in [4.78, 5) is 42.9. The maximum atomic E-state index is 15.4. The third-order valence-electron chi connectivity index (χ3n) is 10.0. The van der Waals surface area contributed by atoms with Crippen molar-refractivity contribution < 1.29 is 28.2 Å². The second kappa shape index (κ2) is 10.8. The van der Waals surface area contributed by atoms with Crippen LogP contribution in [-0.2, 0) is 25.5 Å². The van der Waals surface area contributed by atoms with Crippen LogP contribution in [0.2, 0.25) is 0 Å². The minimum Gasteiger partial charge on any atom is -0.444 e. The number of piperidine rings is 1. The molecule has 6 rings (SSSR count). The Hall–Kier alpha value is -2.72. The summed E-state index contributed by atoms with van der Waals surface area (Å²) < 4.78 is 26.3. The molecule has 2 bridgehead atoms. The van der Waals surface area contributed by atoms with Crippen LogP contribution in [0.1, 0.15) is 69.9 Å². The van der Waals surface area contributed by atoms with E-state index in [9.17, 15) is 14.4 Å². The molecule has 3 N–H and O–H groups in total. The van der Waals surface area contributed by atoms with Crippen molar-refractivity contribution in [3.8, 4) is 0 Å². The van der Waals surface area contributed by atoms with Crippen LogP contribution >= 0.6 is 0 Å². The van der Waals surface area contributed by atoms with Crippen LogP contribution in [0, 0.1) is 23.6 Å². The fourth-order valence-electron chi connectivity index (χ4n) is 7.93. The zero-order chi connectivity index (χ0) is 29.1. The van der Waals surface area contributed by atoms with E-state index in [4.69, 9.17) is 15.2 Å². The van der Waals surface area contributed by atoms with E-state index in [0.29, 0.717) is 29.4 Å². The molecule has 9 nitrogen and oxygen atoms in total. The van der Waals surface area contributed by atoms with Gasteiger partial charge in [-0.1, -0.05) is 12.1 Å². The van der Waals surface area contributed by atoms with Gasteiger partial charge in [0, 0.05) is 25.6 Å². The lowest BCUT2D eigenvalue weighted by Gasteiger charge is -2.36. The van der Waals surface area contributed by atoms with Crippen molar-refractivity contribution in [2.75, 3.05) is 26.3 Å². The fourth-order valence-corrected chi connectivity index (χ4v) is 7.93. The van der Waals surface area contributed by atoms with Gasteiger partial charge < -0.3 is 20.5 Å². The third kappa shape index (κ3) is 5.69. The normalized spacial score (nSPS) is 32.0. The number of halogens is 1. The largest absolute Gasteiger partial charge is 0.444 e. The first-order chi connectivity index (χ1) is 19.5. The van der Waals surface area contributed by atoms with E-state index in [2.05, 4.69) is 10.2 Å². The molecule has 1 aromatic rings. The molecular weight excluding hydrogens is 527 g/mol. The Morgan fingerprint density at radius 2 is 1.78 bits per heavy atom. The van der Waals surface area contributed by atoms with Crippen LogP contribution in [0.15, 0.2) is 18.2 Å². The average Bonchev–Trinajstić information content (AvgIpc) is 3.62. The van der Waals surface area contributed by atoms with Crippen molar-refractivity contribution in [1.82, 2.24) is 15.1 Å². The molecule has 3 saturated heterocycles. The molecule has 3 heterocycles. The first-order valence-corrected chi connectivity index (χ1v) is 15.2. The molecule has 3 amide bonds. The van der Waals surface area contributed by atoms with Gasteiger partial charge in [0.15, 0.2) is 0 Å². The van der Waals surface area contributed by atoms with Crippen molar-refractivity contribution in [2.45, 2.75) is 95.0 Å². The number of nitrogens with one attached hydrogen (secondary N) is 1. The molecule has 3 aliphatic heterocycles. The van der Waals surface area contributed by atoms with Gasteiger partial charge in [0.25, 0.3) is 0 Å². The molecule has 2 aliphatic carbocycles. The number of carbonyl (C=O) groups is 3. The topological polar surface area (TPSA) is 114 Å². The third-order valence-corrected chi connectivity index (χ3v) is 10.0. The van der Waals surface area contributed by atoms with Crippen LogP contribution in [0.4, 0.5) is 9.18 Å². The Bertz CT molecular complexity index is 1190. The lowest BCUT2D eigenvalue weighted by Crippen LogP contribution is -2.57. The van der Waals surface area contributed by atoms with Crippen LogP contribution in [0.5, 0.6) is 0 Å². The summed E-state index contributed by atoms with van der Waals surface area (Å²) in [5.74, 6) is 0.0489. The van der Waals surface area contributed by atoms with E-state index in [0.717, 1.165) is 64.0 Å². The summed E-state index contributed by atoms with van der Waals surface area (Å²) in [6.45, 7) is 9.24. The highest BCUT2D eigenvalue weighted by Crippen LogP contribution is 2.47. The average molecular weight is 571 g/mol. The van der Waals surface area contributed by atoms with Crippen LogP contribution < -0.4 is 11.1 Å². The van der Waals surface area contributed by atoms with Crippen LogP contribution in [-0.4, -0.2) is 83.8 Å². The van der Waals surface area contributed by atoms with E-state index in [-0.39, 0.29) is 24.2 Å². The summed E-state index contributed by atoms with van der Waals surface area (Å²) in [7, 11) is 0. The van der Waals surface area contributed by atoms with Crippen molar-refractivity contribution >= 4 is 17.9 Å². The fraction of sp³-hybridized carbons (Fsp3) is 0.710. The zero-order valence-corrected chi connectivity index (χ0v) is 24.3. The SMILES string of the molecule is CC(C)(C)OC(=O)N1[C@@H]2CC[C@@H](C2)[C@H]1C(=O)N[C@@H](Cc1ccc(C2CC3CN(C4COC4)CC3C2)cc1F)C(N)=O. The number of nitrogens with two attached hydrogens (primary N) is 1. The van der Waals surface area contributed by atoms with Gasteiger partial charge in [-0.3, -0.25) is 19.4 Å². The summed E-state index contributed by atoms with van der Waals surface area (Å²) in [5.41, 5.74) is 6.31. The monoisotopic (exact) mass is 570 g/mol. The van der Waals surface area contributed by atoms with Crippen molar-refractivity contribution in [3.05, 3.63) is 35.1 Å². The number of primary amides is 1. The number of likely N-dealkylation sites (tertiary alicyclic amines) is 2. The second-order valence-corrected chi connectivity index (χ2v) is 13.9. The van der Waals surface area contributed by atoms with E-state index >= 15 is 4.39 Å². The van der Waals surface area contributed by atoms with E-state index in [1.54, 1.807) is 32.9 Å². The Morgan fingerprint density at radius 1 is 1.07 bits per heavy atom. The molecule has 5 fully saturated rings. The Balaban J connectivity index is 1.09. The predicted molar refractivity (Wildman–Crippen MR) is 149 cm³/mol. The number of amides is 3. The maximum Gasteiger partial charge on any atom is 0.411 e. The molecule has 1 aromatic carbocycles. The second-order valence-electron chi connectivity index (χ2n) is 13.9. The van der Waals surface area contributed by atoms with Crippen molar-refractivity contribution in [2.24, 2.45) is 23.5 Å². The Morgan fingerprint density at radius 3 is 2.37 bits per heavy atom. The predicted octanol–water partition coefficient (Wildman–Crippen LogP) is 2.95. The number of nitrogens with zero attached hydrogens (tertiary/aromatic N) is 2. The van der Waals surface area contributed by atoms with Gasteiger partial charge in [-0.05, 0) is 93.7 Å². The first kappa shape index (κ1) is 28.4. The highest BCUT2D eigenvalue weighted by Gasteiger charge is 2.53. The van der Waals surface area contributed by atoms with E-state index in [1.807, 2.05) is 6.07 Å². The number of benzene rings is 1. The molecule has 5 aliphatic rings. The number of carbonyl (C=O) groups excluding carboxylic acids is 3. The molecule has 0 aromatic heterocycles. The molecule has 224 valence electrons. The molecule has 10 heteroatoms. The van der Waals surface area contributed by atoms with Gasteiger partial charge in [-0.2, -0.15) is 0 Å². The maximum absolute atomic E-state index is 15.4. The Labute approximate surface area is 241 Å². The minimum absolute atomic E-state index is 0.00268. The lowest BCUT2D eigenvalue weighted by atomic mass is 9.93. The first-order valence-electron chi connectivity index (χ1n) is 15.2. The smallest absolute Gasteiger partial charge is 0.411 e. The van der Waals surface area contributed by atoms with Gasteiger partial charge in [-0.25, -0.2) is 9.18 Å². The van der Waals surface area contributed by atoms with Crippen LogP contribution in [0.25, 0.3) is 0 Å². The molecular formula is C31H43FN4O5. The minimum atomic E-state index is -1.09. The molecule has 6 atom stereocenters. The van der Waals surface area contributed by atoms with Gasteiger partial charge in [0.1, 0.15) is 23.5 Å². The Kier molecular flexibility index (Phi) is 7.51. The summed E-state index contributed by atoms with van der Waals surface area (Å²) in [5, 5.41) is 2.74. The lowest BCUT2D eigenvalue weighted by molar-refractivity contribution is -0.132. The zero-order valence-electron chi connectivity index (χ0n) is 24.3. The van der Waals surface area contributed by atoms with Crippen molar-refractivity contribution in [1.29, 1.82) is 0 Å². The molecule has 2 saturated carbocycles. The van der Waals surface area contributed by atoms with Gasteiger partial charge in [0.05, 0.1) is 19.3 Å². The van der Waals surface area contributed by atoms with E-state index < -0.39 is 35.6 Å². The van der Waals surface area contributed by atoms with Crippen LogP contribution in [0.3, 0.4) is 0 Å². The summed E-state index contributed by atoms with van der Waals surface area (Å²) in [6, 6.07) is 3.97. The molecule has 0 spiro atoms. The number of hydrogen-bond donors (Lipinski definition) is 2. The quantitative estimate of drug-likeness (QED) is 0.521. The van der Waals surface area contributed by atoms with Crippen molar-refractivity contribution in [3.63, 3.8) is 0 Å². The number of hydrogen-bond acceptors (Lipinski definition) is 6. The number of ether oxygens (including phenoxy) is 2. The summed E-state index contributed by atoms with van der Waals surface area (Å²) in [6.07, 6.45) is 3.93. The number of fused-ring (bicyclic) bond motifs is 3. The molecule has 41 heavy (non-hydrogen) atoms.